The second-order valence-electron chi connectivity index (χ2n) is 7.26. The molecule has 0 saturated carbocycles. The van der Waals surface area contributed by atoms with Crippen LogP contribution in [-0.4, -0.2) is 34.1 Å². The number of carboxylic acid groups (broad SMARTS) is 1. The third kappa shape index (κ3) is 5.85. The monoisotopic (exact) mass is 479 g/mol. The Morgan fingerprint density at radius 3 is 2.62 bits per heavy atom. The zero-order chi connectivity index (χ0) is 23.4. The molecule has 3 rings (SSSR count). The van der Waals surface area contributed by atoms with Crippen molar-refractivity contribution in [2.45, 2.75) is 31.8 Å². The number of halogens is 3. The molecule has 7 nitrogen and oxygen atoms in total. The molecule has 168 valence electrons. The fourth-order valence-corrected chi connectivity index (χ4v) is 3.60. The van der Waals surface area contributed by atoms with Crippen molar-refractivity contribution >= 4 is 35.1 Å². The van der Waals surface area contributed by atoms with Crippen LogP contribution in [0.2, 0.25) is 10.0 Å². The second kappa shape index (κ2) is 10.1. The highest BCUT2D eigenvalue weighted by atomic mass is 35.5. The summed E-state index contributed by atoms with van der Waals surface area (Å²) < 4.78 is 19.4. The third-order valence-electron chi connectivity index (χ3n) is 4.77. The maximum Gasteiger partial charge on any atom is 0.320 e. The van der Waals surface area contributed by atoms with Crippen LogP contribution in [0, 0.1) is 12.7 Å². The van der Waals surface area contributed by atoms with Gasteiger partial charge in [-0.2, -0.15) is 0 Å². The van der Waals surface area contributed by atoms with Crippen LogP contribution in [0.15, 0.2) is 47.0 Å². The number of aromatic nitrogens is 1. The number of carbonyl (C=O) groups is 2. The third-order valence-corrected chi connectivity index (χ3v) is 5.35. The largest absolute Gasteiger partial charge is 0.480 e. The summed E-state index contributed by atoms with van der Waals surface area (Å²) >= 11 is 12.4. The molecule has 32 heavy (non-hydrogen) atoms. The van der Waals surface area contributed by atoms with Gasteiger partial charge in [0, 0.05) is 21.7 Å². The molecular formula is C22H20Cl2FN3O4. The van der Waals surface area contributed by atoms with Gasteiger partial charge < -0.3 is 20.6 Å². The van der Waals surface area contributed by atoms with E-state index in [0.717, 1.165) is 0 Å². The quantitative estimate of drug-likeness (QED) is 0.444. The van der Waals surface area contributed by atoms with E-state index in [0.29, 0.717) is 32.5 Å². The summed E-state index contributed by atoms with van der Waals surface area (Å²) in [5, 5.41) is 12.6. The highest BCUT2D eigenvalue weighted by Gasteiger charge is 2.24. The zero-order valence-electron chi connectivity index (χ0n) is 16.9. The van der Waals surface area contributed by atoms with Gasteiger partial charge >= 0.3 is 11.9 Å². The van der Waals surface area contributed by atoms with Gasteiger partial charge in [0.05, 0.1) is 6.20 Å². The smallest absolute Gasteiger partial charge is 0.320 e. The topological polar surface area (TPSA) is 118 Å². The molecular weight excluding hydrogens is 460 g/mol. The minimum absolute atomic E-state index is 0.0538. The molecule has 3 aromatic rings. The lowest BCUT2D eigenvalue weighted by molar-refractivity contribution is -0.138. The van der Waals surface area contributed by atoms with Crippen molar-refractivity contribution in [1.82, 2.24) is 10.3 Å². The van der Waals surface area contributed by atoms with E-state index in [2.05, 4.69) is 10.3 Å². The maximum absolute atomic E-state index is 14.2. The summed E-state index contributed by atoms with van der Waals surface area (Å²) in [5.74, 6) is -1.93. The summed E-state index contributed by atoms with van der Waals surface area (Å²) in [6, 6.07) is 7.27. The Morgan fingerprint density at radius 1 is 1.25 bits per heavy atom. The first-order chi connectivity index (χ1) is 15.1. The van der Waals surface area contributed by atoms with Crippen LogP contribution in [0.1, 0.15) is 28.4 Å². The van der Waals surface area contributed by atoms with Crippen LogP contribution in [0.25, 0.3) is 11.1 Å². The van der Waals surface area contributed by atoms with E-state index in [1.54, 1.807) is 25.1 Å². The summed E-state index contributed by atoms with van der Waals surface area (Å²) in [7, 11) is 0. The molecule has 0 fully saturated rings. The molecule has 2 aromatic carbocycles. The van der Waals surface area contributed by atoms with Crippen LogP contribution in [0.3, 0.4) is 0 Å². The molecule has 0 aliphatic heterocycles. The molecule has 1 amide bonds. The van der Waals surface area contributed by atoms with Gasteiger partial charge in [0.2, 0.25) is 0 Å². The Hall–Kier alpha value is -2.94. The molecule has 0 bridgehead atoms. The molecule has 1 aromatic heterocycles. The SMILES string of the molecule is Cc1cnc(C(=O)NC(Cc2ccc(-c3cc(Cl)ccc3F)cc2Cl)CC(N)C(=O)O)o1. The van der Waals surface area contributed by atoms with Crippen molar-refractivity contribution in [3.8, 4) is 11.1 Å². The molecule has 2 unspecified atom stereocenters. The Bertz CT molecular complexity index is 1150. The van der Waals surface area contributed by atoms with Gasteiger partial charge in [-0.3, -0.25) is 9.59 Å². The van der Waals surface area contributed by atoms with Crippen LogP contribution < -0.4 is 11.1 Å². The molecule has 0 aliphatic rings. The van der Waals surface area contributed by atoms with Gasteiger partial charge in [-0.25, -0.2) is 9.37 Å². The van der Waals surface area contributed by atoms with E-state index >= 15 is 0 Å². The lowest BCUT2D eigenvalue weighted by Crippen LogP contribution is -2.43. The Kier molecular flexibility index (Phi) is 7.50. The number of nitrogens with two attached hydrogens (primary N) is 1. The van der Waals surface area contributed by atoms with E-state index in [4.69, 9.17) is 33.4 Å². The fourth-order valence-electron chi connectivity index (χ4n) is 3.17. The molecule has 10 heteroatoms. The number of benzene rings is 2. The number of aliphatic carboxylic acids is 1. The van der Waals surface area contributed by atoms with Gasteiger partial charge in [-0.15, -0.1) is 0 Å². The van der Waals surface area contributed by atoms with Crippen LogP contribution in [0.5, 0.6) is 0 Å². The number of oxazole rings is 1. The van der Waals surface area contributed by atoms with Gasteiger partial charge in [0.1, 0.15) is 17.6 Å². The van der Waals surface area contributed by atoms with E-state index in [1.807, 2.05) is 0 Å². The van der Waals surface area contributed by atoms with E-state index in [1.165, 1.54) is 24.4 Å². The average Bonchev–Trinajstić information content (AvgIpc) is 3.17. The summed E-state index contributed by atoms with van der Waals surface area (Å²) in [6.07, 6.45) is 1.53. The minimum atomic E-state index is -1.20. The predicted octanol–water partition coefficient (Wildman–Crippen LogP) is 4.24. The molecule has 0 saturated heterocycles. The van der Waals surface area contributed by atoms with Crippen molar-refractivity contribution in [2.75, 3.05) is 0 Å². The normalized spacial score (nSPS) is 12.9. The van der Waals surface area contributed by atoms with Crippen molar-refractivity contribution in [2.24, 2.45) is 5.73 Å². The number of carboxylic acids is 1. The van der Waals surface area contributed by atoms with Gasteiger partial charge in [-0.05, 0) is 55.2 Å². The molecule has 2 atom stereocenters. The van der Waals surface area contributed by atoms with Gasteiger partial charge in [0.25, 0.3) is 5.89 Å². The van der Waals surface area contributed by atoms with Crippen molar-refractivity contribution in [3.63, 3.8) is 0 Å². The van der Waals surface area contributed by atoms with E-state index in [-0.39, 0.29) is 18.7 Å². The highest BCUT2D eigenvalue weighted by molar-refractivity contribution is 6.32. The second-order valence-corrected chi connectivity index (χ2v) is 8.10. The Morgan fingerprint density at radius 2 is 2.00 bits per heavy atom. The minimum Gasteiger partial charge on any atom is -0.480 e. The highest BCUT2D eigenvalue weighted by Crippen LogP contribution is 2.30. The number of hydrogen-bond donors (Lipinski definition) is 3. The van der Waals surface area contributed by atoms with Gasteiger partial charge in [0.15, 0.2) is 0 Å². The number of nitrogens with zero attached hydrogens (tertiary/aromatic N) is 1. The molecule has 0 radical (unpaired) electrons. The summed E-state index contributed by atoms with van der Waals surface area (Å²) in [4.78, 5) is 27.6. The molecule has 0 aliphatic carbocycles. The predicted molar refractivity (Wildman–Crippen MR) is 118 cm³/mol. The molecule has 0 spiro atoms. The number of carbonyl (C=O) groups excluding carboxylic acids is 1. The number of aryl methyl sites for hydroxylation is 1. The zero-order valence-corrected chi connectivity index (χ0v) is 18.5. The number of rotatable bonds is 8. The maximum atomic E-state index is 14.2. The lowest BCUT2D eigenvalue weighted by Gasteiger charge is -2.21. The van der Waals surface area contributed by atoms with Gasteiger partial charge in [-0.1, -0.05) is 35.3 Å². The standard InChI is InChI=1S/C22H20Cl2FN3O4/c1-11-10-27-21(32-11)20(29)28-15(9-19(26)22(30)31)6-13-3-2-12(7-17(13)24)16-8-14(23)4-5-18(16)25/h2-5,7-8,10,15,19H,6,9,26H2,1H3,(H,28,29)(H,30,31). The molecule has 1 heterocycles. The number of hydrogen-bond acceptors (Lipinski definition) is 5. The van der Waals surface area contributed by atoms with E-state index in [9.17, 15) is 19.1 Å². The van der Waals surface area contributed by atoms with Crippen molar-refractivity contribution in [1.29, 1.82) is 0 Å². The average molecular weight is 480 g/mol. The number of amides is 1. The fraction of sp³-hybridized carbons (Fsp3) is 0.227. The first-order valence-corrected chi connectivity index (χ1v) is 10.3. The van der Waals surface area contributed by atoms with Crippen LogP contribution >= 0.6 is 23.2 Å². The first-order valence-electron chi connectivity index (χ1n) is 9.59. The van der Waals surface area contributed by atoms with Crippen molar-refractivity contribution < 1.29 is 23.5 Å². The van der Waals surface area contributed by atoms with Crippen LogP contribution in [0.4, 0.5) is 4.39 Å². The summed E-state index contributed by atoms with van der Waals surface area (Å²) in [5.41, 5.74) is 7.12. The molecule has 4 N–H and O–H groups in total. The lowest BCUT2D eigenvalue weighted by atomic mass is 9.97. The Labute approximate surface area is 193 Å². The van der Waals surface area contributed by atoms with E-state index < -0.39 is 29.8 Å². The first kappa shape index (κ1) is 23.7. The van der Waals surface area contributed by atoms with Crippen LogP contribution in [-0.2, 0) is 11.2 Å². The Balaban J connectivity index is 1.83. The van der Waals surface area contributed by atoms with Crippen molar-refractivity contribution in [3.05, 3.63) is 75.7 Å². The summed E-state index contributed by atoms with van der Waals surface area (Å²) in [6.45, 7) is 1.64. The number of nitrogens with one attached hydrogen (secondary N) is 1.